The average Bonchev–Trinajstić information content (AvgIpc) is 2.50. The number of pyridine rings is 1. The minimum atomic E-state index is 0.502. The van der Waals surface area contributed by atoms with E-state index < -0.39 is 0 Å². The molecule has 1 aromatic carbocycles. The van der Waals surface area contributed by atoms with E-state index >= 15 is 0 Å². The summed E-state index contributed by atoms with van der Waals surface area (Å²) in [6.07, 6.45) is 5.77. The van der Waals surface area contributed by atoms with E-state index in [1.54, 1.807) is 0 Å². The largest absolute Gasteiger partial charge is 0.439 e. The van der Waals surface area contributed by atoms with E-state index in [0.717, 1.165) is 5.75 Å². The highest BCUT2D eigenvalue weighted by Gasteiger charge is 2.20. The zero-order valence-electron chi connectivity index (χ0n) is 11.8. The van der Waals surface area contributed by atoms with Crippen LogP contribution in [-0.2, 0) is 0 Å². The minimum absolute atomic E-state index is 0.502. The molecule has 0 radical (unpaired) electrons. The molecule has 1 aliphatic rings. The molecule has 104 valence electrons. The number of para-hydroxylation sites is 1. The van der Waals surface area contributed by atoms with E-state index in [9.17, 15) is 0 Å². The lowest BCUT2D eigenvalue weighted by molar-refractivity contribution is 0.187. The van der Waals surface area contributed by atoms with Gasteiger partial charge in [0.1, 0.15) is 5.75 Å². The van der Waals surface area contributed by atoms with Crippen molar-refractivity contribution in [1.29, 1.82) is 0 Å². The number of hydrogen-bond acceptors (Lipinski definition) is 3. The Labute approximate surface area is 120 Å². The fourth-order valence-electron chi connectivity index (χ4n) is 2.75. The maximum absolute atomic E-state index is 5.72. The standard InChI is InChI=1S/C17H20N2O/c1-19-12-6-5-9-16(19)14-10-11-17(18-13-14)20-15-7-3-2-4-8-15/h2-4,7-8,10-11,13,16H,5-6,9,12H2,1H3. The number of rotatable bonds is 3. The summed E-state index contributed by atoms with van der Waals surface area (Å²) in [6.45, 7) is 1.17. The van der Waals surface area contributed by atoms with Crippen molar-refractivity contribution in [2.75, 3.05) is 13.6 Å². The fourth-order valence-corrected chi connectivity index (χ4v) is 2.75. The van der Waals surface area contributed by atoms with Crippen LogP contribution >= 0.6 is 0 Å². The third-order valence-corrected chi connectivity index (χ3v) is 3.88. The van der Waals surface area contributed by atoms with Crippen molar-refractivity contribution in [1.82, 2.24) is 9.88 Å². The van der Waals surface area contributed by atoms with Gasteiger partial charge in [-0.1, -0.05) is 30.7 Å². The van der Waals surface area contributed by atoms with Gasteiger partial charge in [0.05, 0.1) is 0 Å². The summed E-state index contributed by atoms with van der Waals surface area (Å²) < 4.78 is 5.72. The van der Waals surface area contributed by atoms with Gasteiger partial charge in [-0.05, 0) is 44.1 Å². The van der Waals surface area contributed by atoms with Crippen LogP contribution in [0, 0.1) is 0 Å². The van der Waals surface area contributed by atoms with Crippen molar-refractivity contribution < 1.29 is 4.74 Å². The molecule has 1 atom stereocenters. The Kier molecular flexibility index (Phi) is 3.97. The van der Waals surface area contributed by atoms with Crippen molar-refractivity contribution in [3.8, 4) is 11.6 Å². The Morgan fingerprint density at radius 3 is 2.65 bits per heavy atom. The molecule has 1 saturated heterocycles. The first-order valence-electron chi connectivity index (χ1n) is 7.22. The van der Waals surface area contributed by atoms with Gasteiger partial charge in [-0.15, -0.1) is 0 Å². The van der Waals surface area contributed by atoms with Gasteiger partial charge in [0, 0.05) is 18.3 Å². The molecule has 0 saturated carbocycles. The second kappa shape index (κ2) is 6.06. The summed E-state index contributed by atoms with van der Waals surface area (Å²) in [4.78, 5) is 6.85. The summed E-state index contributed by atoms with van der Waals surface area (Å²) in [5.74, 6) is 1.47. The van der Waals surface area contributed by atoms with Crippen molar-refractivity contribution >= 4 is 0 Å². The molecule has 3 nitrogen and oxygen atoms in total. The lowest BCUT2D eigenvalue weighted by atomic mass is 9.97. The van der Waals surface area contributed by atoms with Crippen LogP contribution in [0.15, 0.2) is 48.7 Å². The van der Waals surface area contributed by atoms with Crippen LogP contribution in [0.5, 0.6) is 11.6 Å². The molecule has 1 aromatic heterocycles. The van der Waals surface area contributed by atoms with Crippen molar-refractivity contribution in [3.05, 3.63) is 54.2 Å². The van der Waals surface area contributed by atoms with Crippen molar-refractivity contribution in [2.45, 2.75) is 25.3 Å². The molecule has 1 aliphatic heterocycles. The highest BCUT2D eigenvalue weighted by molar-refractivity contribution is 5.28. The van der Waals surface area contributed by atoms with Gasteiger partial charge in [0.2, 0.25) is 5.88 Å². The third-order valence-electron chi connectivity index (χ3n) is 3.88. The minimum Gasteiger partial charge on any atom is -0.439 e. The van der Waals surface area contributed by atoms with Gasteiger partial charge in [-0.2, -0.15) is 0 Å². The van der Waals surface area contributed by atoms with Gasteiger partial charge in [-0.3, -0.25) is 4.90 Å². The topological polar surface area (TPSA) is 25.4 Å². The van der Waals surface area contributed by atoms with Crippen LogP contribution in [0.3, 0.4) is 0 Å². The molecular weight excluding hydrogens is 248 g/mol. The molecule has 3 rings (SSSR count). The normalized spacial score (nSPS) is 19.8. The molecule has 0 aliphatic carbocycles. The number of aromatic nitrogens is 1. The Hall–Kier alpha value is -1.87. The highest BCUT2D eigenvalue weighted by atomic mass is 16.5. The van der Waals surface area contributed by atoms with Crippen molar-refractivity contribution in [2.24, 2.45) is 0 Å². The van der Waals surface area contributed by atoms with Crippen LogP contribution in [0.4, 0.5) is 0 Å². The highest BCUT2D eigenvalue weighted by Crippen LogP contribution is 2.30. The summed E-state index contributed by atoms with van der Waals surface area (Å²) in [5, 5.41) is 0. The SMILES string of the molecule is CN1CCCCC1c1ccc(Oc2ccccc2)nc1. The summed E-state index contributed by atoms with van der Waals surface area (Å²) in [5.41, 5.74) is 1.28. The Morgan fingerprint density at radius 1 is 1.10 bits per heavy atom. The molecule has 2 aromatic rings. The summed E-state index contributed by atoms with van der Waals surface area (Å²) in [7, 11) is 2.19. The molecule has 1 fully saturated rings. The zero-order chi connectivity index (χ0) is 13.8. The Bertz CT molecular complexity index is 539. The van der Waals surface area contributed by atoms with E-state index in [1.807, 2.05) is 42.6 Å². The maximum atomic E-state index is 5.72. The number of hydrogen-bond donors (Lipinski definition) is 0. The molecule has 20 heavy (non-hydrogen) atoms. The van der Waals surface area contributed by atoms with E-state index in [2.05, 4.69) is 23.0 Å². The number of likely N-dealkylation sites (tertiary alicyclic amines) is 1. The zero-order valence-corrected chi connectivity index (χ0v) is 11.8. The monoisotopic (exact) mass is 268 g/mol. The smallest absolute Gasteiger partial charge is 0.219 e. The Morgan fingerprint density at radius 2 is 1.95 bits per heavy atom. The summed E-state index contributed by atoms with van der Waals surface area (Å²) >= 11 is 0. The number of piperidine rings is 1. The molecule has 0 bridgehead atoms. The number of ether oxygens (including phenoxy) is 1. The van der Waals surface area contributed by atoms with Gasteiger partial charge in [0.15, 0.2) is 0 Å². The molecule has 0 amide bonds. The van der Waals surface area contributed by atoms with Crippen molar-refractivity contribution in [3.63, 3.8) is 0 Å². The average molecular weight is 268 g/mol. The predicted octanol–water partition coefficient (Wildman–Crippen LogP) is 4.03. The van der Waals surface area contributed by atoms with Crippen LogP contribution in [-0.4, -0.2) is 23.5 Å². The Balaban J connectivity index is 1.71. The van der Waals surface area contributed by atoms with E-state index in [1.165, 1.54) is 31.4 Å². The van der Waals surface area contributed by atoms with Crippen LogP contribution in [0.2, 0.25) is 0 Å². The number of benzene rings is 1. The lowest BCUT2D eigenvalue weighted by Crippen LogP contribution is -2.29. The lowest BCUT2D eigenvalue weighted by Gasteiger charge is -2.32. The van der Waals surface area contributed by atoms with E-state index in [0.29, 0.717) is 11.9 Å². The first-order valence-corrected chi connectivity index (χ1v) is 7.22. The fraction of sp³-hybridized carbons (Fsp3) is 0.353. The quantitative estimate of drug-likeness (QED) is 0.840. The molecule has 3 heteroatoms. The predicted molar refractivity (Wildman–Crippen MR) is 80.0 cm³/mol. The molecule has 1 unspecified atom stereocenters. The molecule has 0 spiro atoms. The van der Waals surface area contributed by atoms with Gasteiger partial charge >= 0.3 is 0 Å². The molecule has 2 heterocycles. The first kappa shape index (κ1) is 13.1. The van der Waals surface area contributed by atoms with Gasteiger partial charge in [0.25, 0.3) is 0 Å². The second-order valence-electron chi connectivity index (χ2n) is 5.34. The van der Waals surface area contributed by atoms with Crippen LogP contribution < -0.4 is 4.74 Å². The third kappa shape index (κ3) is 2.99. The molecular formula is C17H20N2O. The number of nitrogens with zero attached hydrogens (tertiary/aromatic N) is 2. The van der Waals surface area contributed by atoms with Gasteiger partial charge in [-0.25, -0.2) is 4.98 Å². The first-order chi connectivity index (χ1) is 9.83. The van der Waals surface area contributed by atoms with Crippen LogP contribution in [0.1, 0.15) is 30.9 Å². The van der Waals surface area contributed by atoms with E-state index in [4.69, 9.17) is 4.74 Å². The second-order valence-corrected chi connectivity index (χ2v) is 5.34. The maximum Gasteiger partial charge on any atom is 0.219 e. The summed E-state index contributed by atoms with van der Waals surface area (Å²) in [6, 6.07) is 14.4. The van der Waals surface area contributed by atoms with Gasteiger partial charge < -0.3 is 4.74 Å². The molecule has 0 N–H and O–H groups in total. The van der Waals surface area contributed by atoms with E-state index in [-0.39, 0.29) is 0 Å². The van der Waals surface area contributed by atoms with Crippen LogP contribution in [0.25, 0.3) is 0 Å².